The van der Waals surface area contributed by atoms with E-state index in [1.807, 2.05) is 51.1 Å². The van der Waals surface area contributed by atoms with Gasteiger partial charge >= 0.3 is 0 Å². The molecule has 0 spiro atoms. The van der Waals surface area contributed by atoms with Crippen LogP contribution in [0.15, 0.2) is 72.8 Å². The Kier molecular flexibility index (Phi) is 11.7. The van der Waals surface area contributed by atoms with Gasteiger partial charge in [0.25, 0.3) is 0 Å². The van der Waals surface area contributed by atoms with Crippen LogP contribution in [0.2, 0.25) is 15.1 Å². The average Bonchev–Trinajstić information content (AvgIpc) is 2.89. The van der Waals surface area contributed by atoms with Crippen LogP contribution in [0.4, 0.5) is 5.69 Å². The zero-order valence-corrected chi connectivity index (χ0v) is 27.2. The van der Waals surface area contributed by atoms with Crippen molar-refractivity contribution in [2.24, 2.45) is 0 Å². The molecule has 0 saturated carbocycles. The highest BCUT2D eigenvalue weighted by Gasteiger charge is 2.33. The van der Waals surface area contributed by atoms with Gasteiger partial charge in [0, 0.05) is 52.1 Å². The SMILES string of the molecule is CC(C)(C)NC(=O)[C@@H](Cc1ccccc1)N(Cc1c(Cl)cccc1Cl)C(=O)CCCN(c1ccc(Cl)cc1)S(C)(=O)=O. The summed E-state index contributed by atoms with van der Waals surface area (Å²) in [6.07, 6.45) is 1.56. The molecule has 0 saturated heterocycles. The molecule has 42 heavy (non-hydrogen) atoms. The van der Waals surface area contributed by atoms with Crippen molar-refractivity contribution in [1.82, 2.24) is 10.2 Å². The summed E-state index contributed by atoms with van der Waals surface area (Å²) < 4.78 is 26.4. The van der Waals surface area contributed by atoms with E-state index in [1.165, 1.54) is 9.21 Å². The minimum Gasteiger partial charge on any atom is -0.350 e. The number of anilines is 1. The van der Waals surface area contributed by atoms with Crippen LogP contribution >= 0.6 is 34.8 Å². The largest absolute Gasteiger partial charge is 0.350 e. The van der Waals surface area contributed by atoms with Gasteiger partial charge in [0.05, 0.1) is 11.9 Å². The normalized spacial score (nSPS) is 12.5. The van der Waals surface area contributed by atoms with Gasteiger partial charge in [-0.1, -0.05) is 71.2 Å². The Hall–Kier alpha value is -2.78. The van der Waals surface area contributed by atoms with Gasteiger partial charge in [-0.05, 0) is 69.2 Å². The first kappa shape index (κ1) is 33.7. The van der Waals surface area contributed by atoms with Gasteiger partial charge in [0.15, 0.2) is 0 Å². The second kappa shape index (κ2) is 14.6. The molecule has 0 fully saturated rings. The lowest BCUT2D eigenvalue weighted by molar-refractivity contribution is -0.142. The van der Waals surface area contributed by atoms with Crippen LogP contribution < -0.4 is 9.62 Å². The van der Waals surface area contributed by atoms with E-state index in [9.17, 15) is 18.0 Å². The molecule has 3 rings (SSSR count). The predicted octanol–water partition coefficient (Wildman–Crippen LogP) is 6.75. The summed E-state index contributed by atoms with van der Waals surface area (Å²) in [4.78, 5) is 29.2. The number of benzene rings is 3. The topological polar surface area (TPSA) is 86.8 Å². The Balaban J connectivity index is 1.94. The molecule has 0 aliphatic rings. The van der Waals surface area contributed by atoms with Crippen LogP contribution in [0.25, 0.3) is 0 Å². The van der Waals surface area contributed by atoms with Gasteiger partial charge in [0.1, 0.15) is 6.04 Å². The minimum atomic E-state index is -3.63. The summed E-state index contributed by atoms with van der Waals surface area (Å²) in [5, 5.41) is 4.25. The maximum absolute atomic E-state index is 14.0. The average molecular weight is 653 g/mol. The zero-order valence-electron chi connectivity index (χ0n) is 24.1. The predicted molar refractivity (Wildman–Crippen MR) is 172 cm³/mol. The Morgan fingerprint density at radius 2 is 1.48 bits per heavy atom. The molecule has 0 bridgehead atoms. The second-order valence-electron chi connectivity index (χ2n) is 11.1. The standard InChI is InChI=1S/C31H36Cl3N3O4S/c1-31(2,3)35-30(39)28(20-22-10-6-5-7-11-22)36(21-25-26(33)12-8-13-27(25)34)29(38)14-9-19-37(42(4,40)41)24-17-15-23(32)16-18-24/h5-8,10-13,15-18,28H,9,14,19-21H2,1-4H3,(H,35,39)/t28-/m1/s1. The third kappa shape index (κ3) is 9.90. The number of halogens is 3. The van der Waals surface area contributed by atoms with Crippen molar-refractivity contribution in [2.45, 2.75) is 58.2 Å². The number of nitrogens with one attached hydrogen (secondary N) is 1. The van der Waals surface area contributed by atoms with Crippen molar-refractivity contribution < 1.29 is 18.0 Å². The fraction of sp³-hybridized carbons (Fsp3) is 0.355. The van der Waals surface area contributed by atoms with E-state index < -0.39 is 21.6 Å². The van der Waals surface area contributed by atoms with Crippen LogP contribution in [-0.2, 0) is 32.6 Å². The maximum atomic E-state index is 14.0. The molecular weight excluding hydrogens is 617 g/mol. The van der Waals surface area contributed by atoms with Gasteiger partial charge in [-0.3, -0.25) is 13.9 Å². The molecule has 1 atom stereocenters. The quantitative estimate of drug-likeness (QED) is 0.235. The molecule has 0 aliphatic heterocycles. The fourth-order valence-corrected chi connectivity index (χ4v) is 6.08. The van der Waals surface area contributed by atoms with E-state index in [2.05, 4.69) is 5.32 Å². The number of nitrogens with zero attached hydrogens (tertiary/aromatic N) is 2. The van der Waals surface area contributed by atoms with Crippen LogP contribution in [-0.4, -0.2) is 49.5 Å². The molecule has 7 nitrogen and oxygen atoms in total. The molecule has 3 aromatic rings. The van der Waals surface area contributed by atoms with Crippen LogP contribution in [0, 0.1) is 0 Å². The third-order valence-electron chi connectivity index (χ3n) is 6.43. The molecule has 0 heterocycles. The number of carbonyl (C=O) groups excluding carboxylic acids is 2. The number of rotatable bonds is 12. The van der Waals surface area contributed by atoms with Crippen LogP contribution in [0.5, 0.6) is 0 Å². The highest BCUT2D eigenvalue weighted by atomic mass is 35.5. The Bertz CT molecular complexity index is 1460. The smallest absolute Gasteiger partial charge is 0.243 e. The number of amides is 2. The van der Waals surface area contributed by atoms with Crippen molar-refractivity contribution in [2.75, 3.05) is 17.1 Å². The molecule has 2 amide bonds. The number of sulfonamides is 1. The third-order valence-corrected chi connectivity index (χ3v) is 8.58. The Morgan fingerprint density at radius 3 is 2.02 bits per heavy atom. The molecule has 0 aromatic heterocycles. The maximum Gasteiger partial charge on any atom is 0.243 e. The van der Waals surface area contributed by atoms with Gasteiger partial charge in [-0.15, -0.1) is 0 Å². The number of carbonyl (C=O) groups is 2. The molecule has 1 N–H and O–H groups in total. The van der Waals surface area contributed by atoms with Gasteiger partial charge in [-0.2, -0.15) is 0 Å². The minimum absolute atomic E-state index is 0.000617. The van der Waals surface area contributed by atoms with Gasteiger partial charge in [-0.25, -0.2) is 8.42 Å². The summed E-state index contributed by atoms with van der Waals surface area (Å²) in [6, 6.07) is 20.1. The van der Waals surface area contributed by atoms with E-state index in [1.54, 1.807) is 42.5 Å². The van der Waals surface area contributed by atoms with E-state index in [0.717, 1.165) is 11.8 Å². The van der Waals surface area contributed by atoms with Crippen molar-refractivity contribution in [1.29, 1.82) is 0 Å². The highest BCUT2D eigenvalue weighted by Crippen LogP contribution is 2.28. The highest BCUT2D eigenvalue weighted by molar-refractivity contribution is 7.92. The summed E-state index contributed by atoms with van der Waals surface area (Å²) in [7, 11) is -3.63. The van der Waals surface area contributed by atoms with Crippen molar-refractivity contribution in [3.63, 3.8) is 0 Å². The van der Waals surface area contributed by atoms with Crippen LogP contribution in [0.1, 0.15) is 44.7 Å². The van der Waals surface area contributed by atoms with E-state index in [-0.39, 0.29) is 44.2 Å². The lowest BCUT2D eigenvalue weighted by Gasteiger charge is -2.34. The first-order valence-corrected chi connectivity index (χ1v) is 16.5. The number of hydrogen-bond acceptors (Lipinski definition) is 4. The lowest BCUT2D eigenvalue weighted by Crippen LogP contribution is -2.54. The monoisotopic (exact) mass is 651 g/mol. The van der Waals surface area contributed by atoms with E-state index in [0.29, 0.717) is 26.3 Å². The van der Waals surface area contributed by atoms with E-state index in [4.69, 9.17) is 34.8 Å². The summed E-state index contributed by atoms with van der Waals surface area (Å²) in [6.45, 7) is 5.68. The molecule has 11 heteroatoms. The van der Waals surface area contributed by atoms with Gasteiger partial charge < -0.3 is 10.2 Å². The second-order valence-corrected chi connectivity index (χ2v) is 14.2. The molecule has 226 valence electrons. The van der Waals surface area contributed by atoms with Crippen molar-refractivity contribution in [3.05, 3.63) is 99.0 Å². The zero-order chi connectivity index (χ0) is 31.1. The molecule has 0 radical (unpaired) electrons. The lowest BCUT2D eigenvalue weighted by atomic mass is 10.00. The molecule has 3 aromatic carbocycles. The molecule has 0 aliphatic carbocycles. The summed E-state index contributed by atoms with van der Waals surface area (Å²) >= 11 is 19.0. The molecule has 0 unspecified atom stereocenters. The molecular formula is C31H36Cl3N3O4S. The fourth-order valence-electron chi connectivity index (χ4n) is 4.47. The first-order chi connectivity index (χ1) is 19.7. The van der Waals surface area contributed by atoms with Crippen molar-refractivity contribution >= 4 is 62.3 Å². The summed E-state index contributed by atoms with van der Waals surface area (Å²) in [5.74, 6) is -0.651. The van der Waals surface area contributed by atoms with Crippen LogP contribution in [0.3, 0.4) is 0 Å². The Morgan fingerprint density at radius 1 is 0.881 bits per heavy atom. The number of hydrogen-bond donors (Lipinski definition) is 1. The Labute approximate surface area is 263 Å². The van der Waals surface area contributed by atoms with Crippen molar-refractivity contribution in [3.8, 4) is 0 Å². The first-order valence-electron chi connectivity index (χ1n) is 13.5. The van der Waals surface area contributed by atoms with E-state index >= 15 is 0 Å². The van der Waals surface area contributed by atoms with Gasteiger partial charge in [0.2, 0.25) is 21.8 Å². The summed E-state index contributed by atoms with van der Waals surface area (Å²) in [5.41, 5.74) is 1.30.